The van der Waals surface area contributed by atoms with Gasteiger partial charge in [0.25, 0.3) is 0 Å². The molecule has 1 atom stereocenters. The van der Waals surface area contributed by atoms with Gasteiger partial charge in [0.15, 0.2) is 0 Å². The quantitative estimate of drug-likeness (QED) is 0.671. The summed E-state index contributed by atoms with van der Waals surface area (Å²) in [4.78, 5) is 6.89. The van der Waals surface area contributed by atoms with E-state index >= 15 is 0 Å². The van der Waals surface area contributed by atoms with E-state index in [0.29, 0.717) is 5.92 Å². The summed E-state index contributed by atoms with van der Waals surface area (Å²) in [5, 5.41) is 7.61. The average molecular weight is 280 g/mol. The van der Waals surface area contributed by atoms with Crippen molar-refractivity contribution in [1.29, 1.82) is 5.41 Å². The Morgan fingerprint density at radius 1 is 1.29 bits per heavy atom. The van der Waals surface area contributed by atoms with Gasteiger partial charge in [-0.05, 0) is 31.0 Å². The third-order valence-electron chi connectivity index (χ3n) is 4.03. The molecule has 21 heavy (non-hydrogen) atoms. The molecule has 1 saturated heterocycles. The normalized spacial score (nSPS) is 18.0. The average Bonchev–Trinajstić information content (AvgIpc) is 2.97. The van der Waals surface area contributed by atoms with Gasteiger partial charge in [-0.3, -0.25) is 5.41 Å². The van der Waals surface area contributed by atoms with Crippen LogP contribution < -0.4 is 10.6 Å². The van der Waals surface area contributed by atoms with Gasteiger partial charge < -0.3 is 10.6 Å². The third kappa shape index (κ3) is 2.89. The lowest BCUT2D eigenvalue weighted by molar-refractivity contribution is 0.774. The highest BCUT2D eigenvalue weighted by atomic mass is 15.2. The van der Waals surface area contributed by atoms with E-state index in [2.05, 4.69) is 40.2 Å². The fourth-order valence-electron chi connectivity index (χ4n) is 2.93. The Morgan fingerprint density at radius 3 is 2.76 bits per heavy atom. The molecule has 1 aliphatic heterocycles. The van der Waals surface area contributed by atoms with Gasteiger partial charge in [0.2, 0.25) is 0 Å². The molecule has 4 heteroatoms. The maximum absolute atomic E-state index is 7.61. The second kappa shape index (κ2) is 5.56. The summed E-state index contributed by atoms with van der Waals surface area (Å²) in [5.74, 6) is 1.58. The summed E-state index contributed by atoms with van der Waals surface area (Å²) in [6.45, 7) is 3.91. The van der Waals surface area contributed by atoms with Crippen molar-refractivity contribution in [2.45, 2.75) is 19.3 Å². The van der Waals surface area contributed by atoms with Crippen LogP contribution in [0, 0.1) is 12.3 Å². The smallest absolute Gasteiger partial charge is 0.129 e. The molecule has 0 amide bonds. The number of nitrogens with zero attached hydrogens (tertiary/aromatic N) is 2. The first-order valence-corrected chi connectivity index (χ1v) is 7.26. The minimum atomic E-state index is 0.0977. The molecule has 0 bridgehead atoms. The van der Waals surface area contributed by atoms with Crippen LogP contribution in [0.25, 0.3) is 0 Å². The second-order valence-electron chi connectivity index (χ2n) is 5.61. The van der Waals surface area contributed by atoms with E-state index in [1.807, 2.05) is 19.1 Å². The van der Waals surface area contributed by atoms with E-state index in [-0.39, 0.29) is 5.84 Å². The Hall–Kier alpha value is -2.36. The Morgan fingerprint density at radius 2 is 2.05 bits per heavy atom. The summed E-state index contributed by atoms with van der Waals surface area (Å²) in [5.41, 5.74) is 8.65. The van der Waals surface area contributed by atoms with Gasteiger partial charge in [-0.15, -0.1) is 0 Å². The molecule has 3 N–H and O–H groups in total. The molecule has 0 aliphatic carbocycles. The van der Waals surface area contributed by atoms with Crippen LogP contribution in [0.1, 0.15) is 29.2 Å². The number of nitrogens with two attached hydrogens (primary N) is 1. The van der Waals surface area contributed by atoms with Gasteiger partial charge in [-0.1, -0.05) is 30.3 Å². The first kappa shape index (κ1) is 13.6. The standard InChI is InChI=1S/C17H20N4/c1-12-9-15(17(18)19)10-16(20-12)21-8-7-14(11-21)13-5-3-2-4-6-13/h2-6,9-10,14H,7-8,11H2,1H3,(H3,18,19). The van der Waals surface area contributed by atoms with Crippen molar-refractivity contribution >= 4 is 11.7 Å². The monoisotopic (exact) mass is 280 g/mol. The van der Waals surface area contributed by atoms with Gasteiger partial charge in [0.05, 0.1) is 0 Å². The van der Waals surface area contributed by atoms with Crippen molar-refractivity contribution in [3.8, 4) is 0 Å². The van der Waals surface area contributed by atoms with Gasteiger partial charge in [-0.25, -0.2) is 4.98 Å². The Kier molecular flexibility index (Phi) is 3.60. The van der Waals surface area contributed by atoms with Gasteiger partial charge in [0, 0.05) is 30.3 Å². The number of hydrogen-bond acceptors (Lipinski definition) is 3. The molecule has 2 heterocycles. The van der Waals surface area contributed by atoms with Gasteiger partial charge in [0.1, 0.15) is 11.7 Å². The van der Waals surface area contributed by atoms with Crippen LogP contribution in [0.4, 0.5) is 5.82 Å². The first-order chi connectivity index (χ1) is 10.1. The SMILES string of the molecule is Cc1cc(C(=N)N)cc(N2CCC(c3ccccc3)C2)n1. The van der Waals surface area contributed by atoms with Crippen LogP contribution in [0.5, 0.6) is 0 Å². The van der Waals surface area contributed by atoms with E-state index in [1.165, 1.54) is 5.56 Å². The molecule has 1 unspecified atom stereocenters. The van der Waals surface area contributed by atoms with Crippen molar-refractivity contribution in [2.75, 3.05) is 18.0 Å². The lowest BCUT2D eigenvalue weighted by Gasteiger charge is -2.19. The highest BCUT2D eigenvalue weighted by Crippen LogP contribution is 2.30. The Bertz CT molecular complexity index is 651. The zero-order valence-electron chi connectivity index (χ0n) is 12.2. The van der Waals surface area contributed by atoms with Crippen molar-refractivity contribution in [3.05, 3.63) is 59.3 Å². The summed E-state index contributed by atoms with van der Waals surface area (Å²) < 4.78 is 0. The first-order valence-electron chi connectivity index (χ1n) is 7.26. The van der Waals surface area contributed by atoms with E-state index in [9.17, 15) is 0 Å². The number of benzene rings is 1. The molecule has 1 aromatic heterocycles. The second-order valence-corrected chi connectivity index (χ2v) is 5.61. The van der Waals surface area contributed by atoms with Gasteiger partial charge >= 0.3 is 0 Å². The number of hydrogen-bond donors (Lipinski definition) is 2. The summed E-state index contributed by atoms with van der Waals surface area (Å²) in [6.07, 6.45) is 1.13. The molecule has 0 saturated carbocycles. The number of nitrogen functional groups attached to an aromatic ring is 1. The third-order valence-corrected chi connectivity index (χ3v) is 4.03. The van der Waals surface area contributed by atoms with Crippen LogP contribution in [0.2, 0.25) is 0 Å². The predicted octanol–water partition coefficient (Wildman–Crippen LogP) is 2.67. The number of aromatic nitrogens is 1. The summed E-state index contributed by atoms with van der Waals surface area (Å²) >= 11 is 0. The lowest BCUT2D eigenvalue weighted by Crippen LogP contribution is -2.22. The molecule has 0 radical (unpaired) electrons. The number of pyridine rings is 1. The van der Waals surface area contributed by atoms with Crippen LogP contribution in [0.15, 0.2) is 42.5 Å². The highest BCUT2D eigenvalue weighted by molar-refractivity contribution is 5.95. The molecular weight excluding hydrogens is 260 g/mol. The highest BCUT2D eigenvalue weighted by Gasteiger charge is 2.25. The van der Waals surface area contributed by atoms with E-state index in [4.69, 9.17) is 11.1 Å². The predicted molar refractivity (Wildman–Crippen MR) is 86.0 cm³/mol. The molecule has 1 fully saturated rings. The van der Waals surface area contributed by atoms with Crippen molar-refractivity contribution < 1.29 is 0 Å². The minimum Gasteiger partial charge on any atom is -0.384 e. The number of anilines is 1. The molecular formula is C17H20N4. The number of amidine groups is 1. The number of rotatable bonds is 3. The minimum absolute atomic E-state index is 0.0977. The fourth-order valence-corrected chi connectivity index (χ4v) is 2.93. The van der Waals surface area contributed by atoms with Crippen molar-refractivity contribution in [3.63, 3.8) is 0 Å². The topological polar surface area (TPSA) is 66.0 Å². The van der Waals surface area contributed by atoms with Crippen LogP contribution >= 0.6 is 0 Å². The molecule has 1 aromatic carbocycles. The molecule has 4 nitrogen and oxygen atoms in total. The molecule has 108 valence electrons. The lowest BCUT2D eigenvalue weighted by atomic mass is 9.99. The molecule has 3 rings (SSSR count). The van der Waals surface area contributed by atoms with E-state index in [0.717, 1.165) is 36.6 Å². The fraction of sp³-hybridized carbons (Fsp3) is 0.294. The van der Waals surface area contributed by atoms with Crippen LogP contribution in [-0.2, 0) is 0 Å². The van der Waals surface area contributed by atoms with Crippen LogP contribution in [0.3, 0.4) is 0 Å². The van der Waals surface area contributed by atoms with E-state index < -0.39 is 0 Å². The largest absolute Gasteiger partial charge is 0.384 e. The Labute approximate surface area is 125 Å². The number of aryl methyl sites for hydroxylation is 1. The summed E-state index contributed by atoms with van der Waals surface area (Å²) in [7, 11) is 0. The maximum Gasteiger partial charge on any atom is 0.129 e. The van der Waals surface area contributed by atoms with Crippen LogP contribution in [-0.4, -0.2) is 23.9 Å². The Balaban J connectivity index is 1.82. The maximum atomic E-state index is 7.61. The van der Waals surface area contributed by atoms with Gasteiger partial charge in [-0.2, -0.15) is 0 Å². The number of nitrogens with one attached hydrogen (secondary N) is 1. The molecule has 1 aliphatic rings. The van der Waals surface area contributed by atoms with Crippen molar-refractivity contribution in [1.82, 2.24) is 4.98 Å². The van der Waals surface area contributed by atoms with Crippen molar-refractivity contribution in [2.24, 2.45) is 5.73 Å². The summed E-state index contributed by atoms with van der Waals surface area (Å²) in [6, 6.07) is 14.4. The zero-order chi connectivity index (χ0) is 14.8. The molecule has 0 spiro atoms. The molecule has 2 aromatic rings. The zero-order valence-corrected chi connectivity index (χ0v) is 12.2. The van der Waals surface area contributed by atoms with E-state index in [1.54, 1.807) is 0 Å².